The van der Waals surface area contributed by atoms with Crippen molar-refractivity contribution in [3.8, 4) is 5.75 Å². The number of methoxy groups -OCH3 is 1. The minimum atomic E-state index is -1.70. The van der Waals surface area contributed by atoms with Gasteiger partial charge in [-0.25, -0.2) is 8.78 Å². The molecule has 4 nitrogen and oxygen atoms in total. The van der Waals surface area contributed by atoms with Gasteiger partial charge in [0.2, 0.25) is 11.6 Å². The van der Waals surface area contributed by atoms with Crippen LogP contribution in [0.4, 0.5) is 17.6 Å². The quantitative estimate of drug-likeness (QED) is 0.357. The smallest absolute Gasteiger partial charge is 0.310 e. The first-order valence-corrected chi connectivity index (χ1v) is 7.94. The third-order valence-corrected chi connectivity index (χ3v) is 4.91. The van der Waals surface area contributed by atoms with Crippen molar-refractivity contribution in [3.63, 3.8) is 0 Å². The van der Waals surface area contributed by atoms with Crippen LogP contribution in [0.5, 0.6) is 5.75 Å². The van der Waals surface area contributed by atoms with Crippen LogP contribution in [-0.4, -0.2) is 24.8 Å². The molecule has 144 valence electrons. The van der Waals surface area contributed by atoms with E-state index in [9.17, 15) is 27.5 Å². The van der Waals surface area contributed by atoms with E-state index >= 15 is 0 Å². The second-order valence-corrected chi connectivity index (χ2v) is 6.67. The number of carbonyl (C=O) groups excluding carboxylic acids is 1. The van der Waals surface area contributed by atoms with Gasteiger partial charge in [0.15, 0.2) is 17.4 Å². The molecule has 1 aliphatic rings. The van der Waals surface area contributed by atoms with E-state index < -0.39 is 58.5 Å². The summed E-state index contributed by atoms with van der Waals surface area (Å²) in [6.07, 6.45) is 1.69. The lowest BCUT2D eigenvalue weighted by Crippen LogP contribution is -2.14. The van der Waals surface area contributed by atoms with Crippen molar-refractivity contribution in [3.05, 3.63) is 40.5 Å². The molecule has 1 aliphatic carbocycles. The number of aliphatic hydroxyl groups excluding tert-OH is 1. The second-order valence-electron chi connectivity index (χ2n) is 6.67. The number of halogens is 4. The lowest BCUT2D eigenvalue weighted by molar-refractivity contribution is -0.147. The SMILES string of the molecule is CC=C(CO)C1C(C(=O)OCc2c(F)c(F)c(OC)c(F)c2F)C1(C)C. The molecule has 0 amide bonds. The van der Waals surface area contributed by atoms with Crippen molar-refractivity contribution >= 4 is 5.97 Å². The third-order valence-electron chi connectivity index (χ3n) is 4.91. The largest absolute Gasteiger partial charge is 0.491 e. The van der Waals surface area contributed by atoms with E-state index in [-0.39, 0.29) is 12.5 Å². The zero-order valence-corrected chi connectivity index (χ0v) is 14.8. The minimum absolute atomic E-state index is 0.230. The number of rotatable bonds is 6. The Hall–Kier alpha value is -2.09. The average molecular weight is 376 g/mol. The molecular formula is C18H20F4O4. The summed E-state index contributed by atoms with van der Waals surface area (Å²) in [7, 11) is 0.870. The van der Waals surface area contributed by atoms with Crippen LogP contribution in [0.15, 0.2) is 11.6 Å². The fourth-order valence-corrected chi connectivity index (χ4v) is 3.33. The monoisotopic (exact) mass is 376 g/mol. The number of esters is 1. The Morgan fingerprint density at radius 1 is 1.12 bits per heavy atom. The van der Waals surface area contributed by atoms with Crippen LogP contribution in [0.3, 0.4) is 0 Å². The molecule has 0 saturated heterocycles. The molecule has 1 N–H and O–H groups in total. The van der Waals surface area contributed by atoms with Crippen molar-refractivity contribution in [2.24, 2.45) is 17.3 Å². The molecule has 8 heteroatoms. The summed E-state index contributed by atoms with van der Waals surface area (Å²) in [5, 5.41) is 9.34. The van der Waals surface area contributed by atoms with Gasteiger partial charge in [0, 0.05) is 5.92 Å². The van der Waals surface area contributed by atoms with Crippen LogP contribution in [0.1, 0.15) is 26.3 Å². The van der Waals surface area contributed by atoms with Gasteiger partial charge in [-0.05, 0) is 17.9 Å². The Morgan fingerprint density at radius 2 is 1.65 bits per heavy atom. The third kappa shape index (κ3) is 3.18. The molecule has 2 atom stereocenters. The molecule has 2 rings (SSSR count). The molecule has 0 aliphatic heterocycles. The van der Waals surface area contributed by atoms with Crippen molar-refractivity contribution in [1.29, 1.82) is 0 Å². The number of carbonyl (C=O) groups is 1. The predicted octanol–water partition coefficient (Wildman–Crippen LogP) is 3.51. The summed E-state index contributed by atoms with van der Waals surface area (Å²) in [5.74, 6) is -9.59. The molecular weight excluding hydrogens is 356 g/mol. The number of allylic oxidation sites excluding steroid dienone is 1. The van der Waals surface area contributed by atoms with Gasteiger partial charge < -0.3 is 14.6 Å². The zero-order chi connectivity index (χ0) is 19.8. The molecule has 1 aromatic rings. The van der Waals surface area contributed by atoms with Crippen LogP contribution >= 0.6 is 0 Å². The van der Waals surface area contributed by atoms with Gasteiger partial charge in [-0.2, -0.15) is 8.78 Å². The van der Waals surface area contributed by atoms with Crippen LogP contribution in [0.25, 0.3) is 0 Å². The molecule has 0 bridgehead atoms. The van der Waals surface area contributed by atoms with Gasteiger partial charge in [-0.3, -0.25) is 4.79 Å². The van der Waals surface area contributed by atoms with E-state index in [1.807, 2.05) is 0 Å². The highest BCUT2D eigenvalue weighted by Crippen LogP contribution is 2.62. The van der Waals surface area contributed by atoms with E-state index in [2.05, 4.69) is 4.74 Å². The topological polar surface area (TPSA) is 55.8 Å². The number of hydrogen-bond donors (Lipinski definition) is 1. The number of hydrogen-bond acceptors (Lipinski definition) is 4. The molecule has 1 aromatic carbocycles. The summed E-state index contributed by atoms with van der Waals surface area (Å²) in [5.41, 5.74) is -0.886. The summed E-state index contributed by atoms with van der Waals surface area (Å²) in [6, 6.07) is 0. The maximum atomic E-state index is 13.9. The number of benzene rings is 1. The molecule has 0 aromatic heterocycles. The first kappa shape index (κ1) is 20.2. The first-order valence-electron chi connectivity index (χ1n) is 7.94. The van der Waals surface area contributed by atoms with Crippen molar-refractivity contribution in [2.75, 3.05) is 13.7 Å². The molecule has 0 heterocycles. The van der Waals surface area contributed by atoms with Gasteiger partial charge in [-0.15, -0.1) is 0 Å². The molecule has 0 spiro atoms. The molecule has 1 saturated carbocycles. The molecule has 26 heavy (non-hydrogen) atoms. The molecule has 1 fully saturated rings. The Kier molecular flexibility index (Phi) is 5.65. The highest BCUT2D eigenvalue weighted by Gasteiger charge is 2.63. The maximum Gasteiger partial charge on any atom is 0.310 e. The van der Waals surface area contributed by atoms with E-state index in [0.29, 0.717) is 5.57 Å². The fourth-order valence-electron chi connectivity index (χ4n) is 3.33. The first-order chi connectivity index (χ1) is 12.1. The molecule has 2 unspecified atom stereocenters. The van der Waals surface area contributed by atoms with Crippen LogP contribution in [-0.2, 0) is 16.1 Å². The number of aliphatic hydroxyl groups is 1. The number of ether oxygens (including phenoxy) is 2. The highest BCUT2D eigenvalue weighted by atomic mass is 19.2. The van der Waals surface area contributed by atoms with Crippen LogP contribution < -0.4 is 4.74 Å². The second kappa shape index (κ2) is 7.26. The van der Waals surface area contributed by atoms with Gasteiger partial charge in [0.25, 0.3) is 0 Å². The van der Waals surface area contributed by atoms with Gasteiger partial charge >= 0.3 is 5.97 Å². The van der Waals surface area contributed by atoms with E-state index in [1.165, 1.54) is 0 Å². The maximum absolute atomic E-state index is 13.9. The lowest BCUT2D eigenvalue weighted by Gasteiger charge is -2.11. The summed E-state index contributed by atoms with van der Waals surface area (Å²) >= 11 is 0. The zero-order valence-electron chi connectivity index (χ0n) is 14.8. The summed E-state index contributed by atoms with van der Waals surface area (Å²) in [6.45, 7) is 4.10. The minimum Gasteiger partial charge on any atom is -0.491 e. The fraction of sp³-hybridized carbons (Fsp3) is 0.500. The van der Waals surface area contributed by atoms with E-state index in [0.717, 1.165) is 7.11 Å². The van der Waals surface area contributed by atoms with Crippen molar-refractivity contribution in [1.82, 2.24) is 0 Å². The van der Waals surface area contributed by atoms with Crippen molar-refractivity contribution in [2.45, 2.75) is 27.4 Å². The average Bonchev–Trinajstić information content (AvgIpc) is 3.16. The van der Waals surface area contributed by atoms with E-state index in [1.54, 1.807) is 26.8 Å². The van der Waals surface area contributed by atoms with Gasteiger partial charge in [0.05, 0.1) is 25.2 Å². The van der Waals surface area contributed by atoms with Crippen molar-refractivity contribution < 1.29 is 36.9 Å². The normalized spacial score (nSPS) is 21.5. The van der Waals surface area contributed by atoms with Crippen LogP contribution in [0, 0.1) is 40.5 Å². The lowest BCUT2D eigenvalue weighted by atomic mass is 10.0. The Bertz CT molecular complexity index is 729. The van der Waals surface area contributed by atoms with Gasteiger partial charge in [-0.1, -0.05) is 19.9 Å². The highest BCUT2D eigenvalue weighted by molar-refractivity contribution is 5.78. The Morgan fingerprint density at radius 3 is 2.08 bits per heavy atom. The summed E-state index contributed by atoms with van der Waals surface area (Å²) in [4.78, 5) is 12.3. The van der Waals surface area contributed by atoms with Crippen LogP contribution in [0.2, 0.25) is 0 Å². The Balaban J connectivity index is 2.19. The van der Waals surface area contributed by atoms with Gasteiger partial charge in [0.1, 0.15) is 6.61 Å². The Labute approximate surface area is 148 Å². The summed E-state index contributed by atoms with van der Waals surface area (Å²) < 4.78 is 64.4. The predicted molar refractivity (Wildman–Crippen MR) is 84.2 cm³/mol. The molecule has 0 radical (unpaired) electrons. The standard InChI is InChI=1S/C18H20F4O4/c1-5-8(6-23)10-11(18(10,2)3)17(24)26-7-9-12(19)14(21)16(25-4)15(22)13(9)20/h5,10-11,23H,6-7H2,1-4H3. The van der Waals surface area contributed by atoms with E-state index in [4.69, 9.17) is 4.74 Å².